The van der Waals surface area contributed by atoms with Crippen LogP contribution in [-0.2, 0) is 0 Å². The maximum Gasteiger partial charge on any atom is 0.259 e. The molecule has 20 heavy (non-hydrogen) atoms. The maximum atomic E-state index is 12.0. The molecule has 0 aliphatic heterocycles. The number of hydrogen-bond donors (Lipinski definition) is 1. The van der Waals surface area contributed by atoms with Gasteiger partial charge in [-0.25, -0.2) is 0 Å². The van der Waals surface area contributed by atoms with Crippen molar-refractivity contribution < 1.29 is 4.79 Å². The molecule has 0 bridgehead atoms. The summed E-state index contributed by atoms with van der Waals surface area (Å²) in [6.45, 7) is 6.14. The van der Waals surface area contributed by atoms with Crippen LogP contribution in [0.5, 0.6) is 0 Å². The van der Waals surface area contributed by atoms with E-state index in [9.17, 15) is 4.79 Å². The molecule has 0 spiro atoms. The molecule has 0 atom stereocenters. The normalized spacial score (nSPS) is 10.8. The Labute approximate surface area is 122 Å². The van der Waals surface area contributed by atoms with Gasteiger partial charge in [-0.1, -0.05) is 25.2 Å². The van der Waals surface area contributed by atoms with Gasteiger partial charge in [0.2, 0.25) is 5.13 Å². The van der Waals surface area contributed by atoms with Crippen molar-refractivity contribution in [2.75, 3.05) is 5.32 Å². The van der Waals surface area contributed by atoms with Crippen LogP contribution in [0.25, 0.3) is 0 Å². The second kappa shape index (κ2) is 6.56. The van der Waals surface area contributed by atoms with Crippen LogP contribution in [0.15, 0.2) is 18.3 Å². The third-order valence-corrected chi connectivity index (χ3v) is 4.17. The van der Waals surface area contributed by atoms with Crippen LogP contribution < -0.4 is 5.32 Å². The lowest BCUT2D eigenvalue weighted by atomic mass is 10.1. The minimum atomic E-state index is -0.204. The summed E-state index contributed by atoms with van der Waals surface area (Å²) in [5.41, 5.74) is 1.41. The molecule has 1 N–H and O–H groups in total. The summed E-state index contributed by atoms with van der Waals surface area (Å²) in [7, 11) is 0. The fourth-order valence-corrected chi connectivity index (χ4v) is 2.86. The number of nitrogens with one attached hydrogen (secondary N) is 1. The molecule has 2 aromatic rings. The summed E-state index contributed by atoms with van der Waals surface area (Å²) < 4.78 is 0. The van der Waals surface area contributed by atoms with Crippen LogP contribution in [0.4, 0.5) is 5.13 Å². The average Bonchev–Trinajstić information content (AvgIpc) is 2.89. The first-order valence-corrected chi connectivity index (χ1v) is 7.53. The van der Waals surface area contributed by atoms with Gasteiger partial charge in [-0.3, -0.25) is 15.1 Å². The van der Waals surface area contributed by atoms with E-state index in [1.165, 1.54) is 11.3 Å². The minimum Gasteiger partial charge on any atom is -0.296 e. The smallest absolute Gasteiger partial charge is 0.259 e. The Morgan fingerprint density at radius 3 is 2.65 bits per heavy atom. The number of carbonyl (C=O) groups excluding carboxylic acids is 1. The third kappa shape index (κ3) is 3.39. The lowest BCUT2D eigenvalue weighted by Gasteiger charge is -2.05. The van der Waals surface area contributed by atoms with Crippen molar-refractivity contribution in [3.63, 3.8) is 0 Å². The number of anilines is 1. The molecule has 0 aliphatic rings. The van der Waals surface area contributed by atoms with Crippen LogP contribution >= 0.6 is 11.3 Å². The van der Waals surface area contributed by atoms with Crippen LogP contribution in [0.3, 0.4) is 0 Å². The van der Waals surface area contributed by atoms with Crippen molar-refractivity contribution >= 4 is 22.4 Å². The molecule has 0 radical (unpaired) electrons. The molecule has 2 heterocycles. The van der Waals surface area contributed by atoms with Gasteiger partial charge in [-0.2, -0.15) is 0 Å². The van der Waals surface area contributed by atoms with E-state index in [0.29, 0.717) is 16.6 Å². The molecule has 5 nitrogen and oxygen atoms in total. The van der Waals surface area contributed by atoms with Gasteiger partial charge in [-0.05, 0) is 31.9 Å². The highest BCUT2D eigenvalue weighted by Gasteiger charge is 2.15. The van der Waals surface area contributed by atoms with Crippen molar-refractivity contribution in [1.82, 2.24) is 15.2 Å². The fourth-order valence-electron chi connectivity index (χ4n) is 1.86. The van der Waals surface area contributed by atoms with Gasteiger partial charge in [0.25, 0.3) is 5.91 Å². The zero-order chi connectivity index (χ0) is 14.5. The van der Waals surface area contributed by atoms with Crippen LogP contribution in [0, 0.1) is 6.92 Å². The molecule has 0 fully saturated rings. The lowest BCUT2D eigenvalue weighted by molar-refractivity contribution is 0.102. The summed E-state index contributed by atoms with van der Waals surface area (Å²) in [6, 6.07) is 3.56. The molecule has 2 rings (SSSR count). The summed E-state index contributed by atoms with van der Waals surface area (Å²) in [5.74, 6) is 0.212. The van der Waals surface area contributed by atoms with Crippen molar-refractivity contribution in [2.24, 2.45) is 0 Å². The zero-order valence-corrected chi connectivity index (χ0v) is 12.7. The van der Waals surface area contributed by atoms with Gasteiger partial charge in [-0.15, -0.1) is 10.2 Å². The van der Waals surface area contributed by atoms with Crippen molar-refractivity contribution in [1.29, 1.82) is 0 Å². The van der Waals surface area contributed by atoms with E-state index in [2.05, 4.69) is 34.3 Å². The molecule has 2 aromatic heterocycles. The van der Waals surface area contributed by atoms with Gasteiger partial charge in [0, 0.05) is 17.8 Å². The Hall–Kier alpha value is -1.82. The molecular formula is C14H18N4OS. The molecule has 0 aliphatic carbocycles. The molecule has 0 aromatic carbocycles. The number of carbonyl (C=O) groups is 1. The maximum absolute atomic E-state index is 12.0. The summed E-state index contributed by atoms with van der Waals surface area (Å²) in [6.07, 6.45) is 3.62. The van der Waals surface area contributed by atoms with E-state index < -0.39 is 0 Å². The number of nitrogens with zero attached hydrogens (tertiary/aromatic N) is 3. The Kier molecular flexibility index (Phi) is 4.79. The van der Waals surface area contributed by atoms with E-state index in [0.717, 1.165) is 23.5 Å². The van der Waals surface area contributed by atoms with Gasteiger partial charge in [0.05, 0.1) is 5.56 Å². The number of aryl methyl sites for hydroxylation is 1. The third-order valence-electron chi connectivity index (χ3n) is 3.17. The number of pyridine rings is 1. The second-order valence-electron chi connectivity index (χ2n) is 4.60. The number of amides is 1. The van der Waals surface area contributed by atoms with Crippen LogP contribution in [0.2, 0.25) is 0 Å². The Morgan fingerprint density at radius 1 is 1.30 bits per heavy atom. The SMILES string of the molecule is CCC(CC)c1nnc(NC(=O)c2ccc(C)nc2)s1. The molecule has 106 valence electrons. The minimum absolute atomic E-state index is 0.204. The van der Waals surface area contributed by atoms with Crippen molar-refractivity contribution in [3.8, 4) is 0 Å². The van der Waals surface area contributed by atoms with E-state index in [1.54, 1.807) is 12.3 Å². The number of rotatable bonds is 5. The highest BCUT2D eigenvalue weighted by Crippen LogP contribution is 2.28. The van der Waals surface area contributed by atoms with E-state index in [-0.39, 0.29) is 5.91 Å². The summed E-state index contributed by atoms with van der Waals surface area (Å²) >= 11 is 1.44. The van der Waals surface area contributed by atoms with Gasteiger partial charge >= 0.3 is 0 Å². The monoisotopic (exact) mass is 290 g/mol. The summed E-state index contributed by atoms with van der Waals surface area (Å²) in [4.78, 5) is 16.1. The van der Waals surface area contributed by atoms with Gasteiger partial charge in [0.15, 0.2) is 0 Å². The van der Waals surface area contributed by atoms with Crippen molar-refractivity contribution in [3.05, 3.63) is 34.6 Å². The predicted molar refractivity (Wildman–Crippen MR) is 80.2 cm³/mol. The highest BCUT2D eigenvalue weighted by atomic mass is 32.1. The molecule has 1 amide bonds. The first kappa shape index (κ1) is 14.6. The predicted octanol–water partition coefficient (Wildman–Crippen LogP) is 3.40. The van der Waals surface area contributed by atoms with E-state index in [1.807, 2.05) is 13.0 Å². The number of aromatic nitrogens is 3. The first-order valence-electron chi connectivity index (χ1n) is 6.71. The quantitative estimate of drug-likeness (QED) is 0.916. The average molecular weight is 290 g/mol. The topological polar surface area (TPSA) is 67.8 Å². The van der Waals surface area contributed by atoms with Gasteiger partial charge in [0.1, 0.15) is 5.01 Å². The standard InChI is InChI=1S/C14H18N4OS/c1-4-10(5-2)13-17-18-14(20-13)16-12(19)11-7-6-9(3)15-8-11/h6-8,10H,4-5H2,1-3H3,(H,16,18,19). The number of hydrogen-bond acceptors (Lipinski definition) is 5. The fraction of sp³-hybridized carbons (Fsp3) is 0.429. The van der Waals surface area contributed by atoms with Crippen LogP contribution in [0.1, 0.15) is 53.7 Å². The molecule has 0 unspecified atom stereocenters. The Bertz CT molecular complexity index is 575. The molecular weight excluding hydrogens is 272 g/mol. The van der Waals surface area contributed by atoms with Crippen LogP contribution in [-0.4, -0.2) is 21.1 Å². The van der Waals surface area contributed by atoms with E-state index in [4.69, 9.17) is 0 Å². The molecule has 0 saturated carbocycles. The Balaban J connectivity index is 2.06. The molecule has 0 saturated heterocycles. The van der Waals surface area contributed by atoms with Gasteiger partial charge < -0.3 is 0 Å². The molecule has 6 heteroatoms. The largest absolute Gasteiger partial charge is 0.296 e. The summed E-state index contributed by atoms with van der Waals surface area (Å²) in [5, 5.41) is 12.5. The zero-order valence-electron chi connectivity index (χ0n) is 11.9. The Morgan fingerprint density at radius 2 is 2.05 bits per heavy atom. The lowest BCUT2D eigenvalue weighted by Crippen LogP contribution is -2.12. The highest BCUT2D eigenvalue weighted by molar-refractivity contribution is 7.15. The second-order valence-corrected chi connectivity index (χ2v) is 5.61. The van der Waals surface area contributed by atoms with Crippen molar-refractivity contribution in [2.45, 2.75) is 39.5 Å². The first-order chi connectivity index (χ1) is 9.63. The van der Waals surface area contributed by atoms with E-state index >= 15 is 0 Å².